The number of nitrogens with zero attached hydrogens (tertiary/aromatic N) is 2. The third-order valence-electron chi connectivity index (χ3n) is 5.71. The molecule has 0 saturated heterocycles. The van der Waals surface area contributed by atoms with E-state index in [1.807, 2.05) is 45.0 Å². The van der Waals surface area contributed by atoms with Crippen molar-refractivity contribution in [1.82, 2.24) is 10.2 Å². The Bertz CT molecular complexity index is 1160. The van der Waals surface area contributed by atoms with E-state index in [-0.39, 0.29) is 43.7 Å². The van der Waals surface area contributed by atoms with Crippen molar-refractivity contribution in [2.75, 3.05) is 23.7 Å². The number of nitrogens with one attached hydrogen (secondary N) is 1. The number of rotatable bonds is 12. The summed E-state index contributed by atoms with van der Waals surface area (Å²) in [6, 6.07) is 12.0. The summed E-state index contributed by atoms with van der Waals surface area (Å²) in [6.45, 7) is 8.44. The fourth-order valence-electron chi connectivity index (χ4n) is 3.66. The van der Waals surface area contributed by atoms with Crippen molar-refractivity contribution in [3.63, 3.8) is 0 Å². The monoisotopic (exact) mass is 599 g/mol. The van der Waals surface area contributed by atoms with Crippen molar-refractivity contribution in [3.05, 3.63) is 63.1 Å². The van der Waals surface area contributed by atoms with Crippen LogP contribution in [0.2, 0.25) is 5.02 Å². The minimum absolute atomic E-state index is 0.0873. The predicted molar refractivity (Wildman–Crippen MR) is 150 cm³/mol. The van der Waals surface area contributed by atoms with Gasteiger partial charge >= 0.3 is 0 Å². The molecule has 0 aromatic heterocycles. The highest BCUT2D eigenvalue weighted by atomic mass is 79.9. The first-order chi connectivity index (χ1) is 16.8. The molecule has 1 atom stereocenters. The van der Waals surface area contributed by atoms with Crippen LogP contribution in [0.3, 0.4) is 0 Å². The van der Waals surface area contributed by atoms with E-state index in [0.29, 0.717) is 17.3 Å². The Kier molecular flexibility index (Phi) is 11.3. The molecular weight excluding hydrogens is 566 g/mol. The molecule has 1 N–H and O–H groups in total. The molecular formula is C26H35BrClN3O4S. The molecule has 0 bridgehead atoms. The highest BCUT2D eigenvalue weighted by Crippen LogP contribution is 2.27. The first-order valence-corrected chi connectivity index (χ1v) is 14.9. The van der Waals surface area contributed by atoms with Gasteiger partial charge in [0, 0.05) is 35.6 Å². The molecule has 36 heavy (non-hydrogen) atoms. The SMILES string of the molecule is Cc1ccc(Cl)cc1N(CCCC(=O)N(Cc1ccc(Br)cc1)[C@H](C)C(=O)NCC(C)C)S(C)(=O)=O. The summed E-state index contributed by atoms with van der Waals surface area (Å²) in [5, 5.41) is 3.33. The number of aryl methyl sites for hydroxylation is 1. The Labute approximate surface area is 228 Å². The summed E-state index contributed by atoms with van der Waals surface area (Å²) in [6.07, 6.45) is 1.51. The zero-order valence-electron chi connectivity index (χ0n) is 21.4. The van der Waals surface area contributed by atoms with Crippen LogP contribution < -0.4 is 9.62 Å². The average molecular weight is 601 g/mol. The average Bonchev–Trinajstić information content (AvgIpc) is 2.80. The van der Waals surface area contributed by atoms with Crippen molar-refractivity contribution >= 4 is 55.1 Å². The summed E-state index contributed by atoms with van der Waals surface area (Å²) < 4.78 is 27.3. The molecule has 0 aliphatic rings. The van der Waals surface area contributed by atoms with Gasteiger partial charge in [0.05, 0.1) is 11.9 Å². The van der Waals surface area contributed by atoms with E-state index in [0.717, 1.165) is 21.9 Å². The van der Waals surface area contributed by atoms with Gasteiger partial charge in [0.1, 0.15) is 6.04 Å². The van der Waals surface area contributed by atoms with Gasteiger partial charge in [0.25, 0.3) is 0 Å². The molecule has 198 valence electrons. The van der Waals surface area contributed by atoms with Crippen molar-refractivity contribution in [2.45, 2.75) is 53.1 Å². The molecule has 7 nitrogen and oxygen atoms in total. The second-order valence-electron chi connectivity index (χ2n) is 9.33. The Morgan fingerprint density at radius 2 is 1.72 bits per heavy atom. The Hall–Kier alpha value is -2.10. The largest absolute Gasteiger partial charge is 0.354 e. The highest BCUT2D eigenvalue weighted by Gasteiger charge is 2.27. The lowest BCUT2D eigenvalue weighted by Crippen LogP contribution is -2.48. The molecule has 2 rings (SSSR count). The molecule has 2 amide bonds. The Morgan fingerprint density at radius 1 is 1.08 bits per heavy atom. The molecule has 0 fully saturated rings. The molecule has 0 spiro atoms. The van der Waals surface area contributed by atoms with Crippen LogP contribution in [0.5, 0.6) is 0 Å². The first kappa shape index (κ1) is 30.1. The molecule has 0 heterocycles. The number of amides is 2. The van der Waals surface area contributed by atoms with E-state index in [2.05, 4.69) is 21.2 Å². The number of carbonyl (C=O) groups excluding carboxylic acids is 2. The molecule has 0 unspecified atom stereocenters. The predicted octanol–water partition coefficient (Wildman–Crippen LogP) is 5.15. The van der Waals surface area contributed by atoms with Crippen LogP contribution in [0.1, 0.15) is 44.7 Å². The summed E-state index contributed by atoms with van der Waals surface area (Å²) >= 11 is 9.52. The van der Waals surface area contributed by atoms with Crippen LogP contribution in [0.25, 0.3) is 0 Å². The van der Waals surface area contributed by atoms with E-state index in [1.165, 1.54) is 4.31 Å². The normalized spacial score (nSPS) is 12.3. The third-order valence-corrected chi connectivity index (χ3v) is 7.65. The van der Waals surface area contributed by atoms with Gasteiger partial charge in [-0.1, -0.05) is 59.6 Å². The first-order valence-electron chi connectivity index (χ1n) is 11.8. The summed E-state index contributed by atoms with van der Waals surface area (Å²) in [4.78, 5) is 27.7. The number of carbonyl (C=O) groups is 2. The van der Waals surface area contributed by atoms with Crippen LogP contribution in [0.4, 0.5) is 5.69 Å². The maximum atomic E-state index is 13.3. The Morgan fingerprint density at radius 3 is 2.31 bits per heavy atom. The summed E-state index contributed by atoms with van der Waals surface area (Å²) in [5.41, 5.74) is 2.15. The maximum absolute atomic E-state index is 13.3. The van der Waals surface area contributed by atoms with E-state index in [4.69, 9.17) is 11.6 Å². The van der Waals surface area contributed by atoms with Gasteiger partial charge in [0.15, 0.2) is 0 Å². The minimum atomic E-state index is -3.59. The molecule has 0 aliphatic carbocycles. The van der Waals surface area contributed by atoms with Gasteiger partial charge in [0.2, 0.25) is 21.8 Å². The number of anilines is 1. The number of sulfonamides is 1. The standard InChI is InChI=1S/C26H35BrClN3O4S/c1-18(2)16-29-26(33)20(4)30(17-21-9-11-22(27)12-10-21)25(32)7-6-14-31(36(5,34)35)24-15-23(28)13-8-19(24)3/h8-13,15,18,20H,6-7,14,16-17H2,1-5H3,(H,29,33)/t20-/m1/s1. The van der Waals surface area contributed by atoms with E-state index >= 15 is 0 Å². The molecule has 0 aliphatic heterocycles. The van der Waals surface area contributed by atoms with E-state index in [9.17, 15) is 18.0 Å². The zero-order valence-corrected chi connectivity index (χ0v) is 24.6. The van der Waals surface area contributed by atoms with Crippen LogP contribution in [-0.4, -0.2) is 50.5 Å². The minimum Gasteiger partial charge on any atom is -0.354 e. The lowest BCUT2D eigenvalue weighted by molar-refractivity contribution is -0.140. The van der Waals surface area contributed by atoms with Gasteiger partial charge in [-0.2, -0.15) is 0 Å². The van der Waals surface area contributed by atoms with Gasteiger partial charge in [-0.15, -0.1) is 0 Å². The molecule has 0 saturated carbocycles. The van der Waals surface area contributed by atoms with Gasteiger partial charge in [-0.25, -0.2) is 8.42 Å². The van der Waals surface area contributed by atoms with Crippen molar-refractivity contribution in [3.8, 4) is 0 Å². The topological polar surface area (TPSA) is 86.8 Å². The van der Waals surface area contributed by atoms with Crippen molar-refractivity contribution in [2.24, 2.45) is 5.92 Å². The molecule has 2 aromatic rings. The van der Waals surface area contributed by atoms with Crippen molar-refractivity contribution in [1.29, 1.82) is 0 Å². The lowest BCUT2D eigenvalue weighted by atomic mass is 10.1. The maximum Gasteiger partial charge on any atom is 0.242 e. The number of hydrogen-bond acceptors (Lipinski definition) is 4. The van der Waals surface area contributed by atoms with Gasteiger partial charge < -0.3 is 10.2 Å². The van der Waals surface area contributed by atoms with Crippen LogP contribution in [0.15, 0.2) is 46.9 Å². The highest BCUT2D eigenvalue weighted by molar-refractivity contribution is 9.10. The molecule has 2 aromatic carbocycles. The van der Waals surface area contributed by atoms with Gasteiger partial charge in [-0.05, 0) is 61.6 Å². The van der Waals surface area contributed by atoms with Gasteiger partial charge in [-0.3, -0.25) is 13.9 Å². The van der Waals surface area contributed by atoms with E-state index < -0.39 is 16.1 Å². The van der Waals surface area contributed by atoms with Crippen LogP contribution >= 0.6 is 27.5 Å². The fraction of sp³-hybridized carbons (Fsp3) is 0.462. The summed E-state index contributed by atoms with van der Waals surface area (Å²) in [5.74, 6) is -0.156. The Balaban J connectivity index is 2.18. The summed E-state index contributed by atoms with van der Waals surface area (Å²) in [7, 11) is -3.59. The number of benzene rings is 2. The fourth-order valence-corrected chi connectivity index (χ4v) is 5.10. The number of hydrogen-bond donors (Lipinski definition) is 1. The lowest BCUT2D eigenvalue weighted by Gasteiger charge is -2.30. The second-order valence-corrected chi connectivity index (χ2v) is 12.6. The van der Waals surface area contributed by atoms with Crippen LogP contribution in [-0.2, 0) is 26.2 Å². The third kappa shape index (κ3) is 9.09. The quantitative estimate of drug-likeness (QED) is 0.365. The van der Waals surface area contributed by atoms with E-state index in [1.54, 1.807) is 30.0 Å². The second kappa shape index (κ2) is 13.4. The zero-order chi connectivity index (χ0) is 27.0. The molecule has 0 radical (unpaired) electrons. The number of halogens is 2. The molecule has 10 heteroatoms. The van der Waals surface area contributed by atoms with Crippen molar-refractivity contribution < 1.29 is 18.0 Å². The van der Waals surface area contributed by atoms with Crippen LogP contribution in [0, 0.1) is 12.8 Å². The smallest absolute Gasteiger partial charge is 0.242 e.